The lowest BCUT2D eigenvalue weighted by Gasteiger charge is -2.09. The third kappa shape index (κ3) is 4.27. The van der Waals surface area contributed by atoms with E-state index in [-0.39, 0.29) is 5.57 Å². The van der Waals surface area contributed by atoms with Crippen LogP contribution in [0.5, 0.6) is 0 Å². The number of nitrogens with zero attached hydrogens (tertiary/aromatic N) is 2. The topological polar surface area (TPSA) is 81.6 Å². The molecule has 0 bridgehead atoms. The third-order valence-electron chi connectivity index (χ3n) is 3.98. The Hall–Kier alpha value is -2.88. The SMILES string of the molecule is Cc1c(Cl)cccc1NC(=O)/C(C#N)=C/c1cn[nH]c1-c1ccc(Br)cc1. The van der Waals surface area contributed by atoms with Crippen molar-refractivity contribution >= 4 is 45.2 Å². The van der Waals surface area contributed by atoms with Gasteiger partial charge in [0.25, 0.3) is 5.91 Å². The first-order valence-electron chi connectivity index (χ1n) is 7.97. The van der Waals surface area contributed by atoms with Crippen LogP contribution in [0.2, 0.25) is 5.02 Å². The van der Waals surface area contributed by atoms with Gasteiger partial charge in [-0.05, 0) is 42.8 Å². The Morgan fingerprint density at radius 1 is 1.30 bits per heavy atom. The molecule has 134 valence electrons. The van der Waals surface area contributed by atoms with Crippen molar-refractivity contribution in [3.8, 4) is 17.3 Å². The molecule has 3 aromatic rings. The fourth-order valence-electron chi connectivity index (χ4n) is 2.49. The van der Waals surface area contributed by atoms with Crippen molar-refractivity contribution in [3.63, 3.8) is 0 Å². The Bertz CT molecular complexity index is 1060. The molecule has 1 aromatic heterocycles. The number of halogens is 2. The van der Waals surface area contributed by atoms with Gasteiger partial charge in [-0.15, -0.1) is 0 Å². The molecule has 0 saturated carbocycles. The van der Waals surface area contributed by atoms with Gasteiger partial charge in [0.1, 0.15) is 11.6 Å². The minimum Gasteiger partial charge on any atom is -0.321 e. The number of hydrogen-bond acceptors (Lipinski definition) is 3. The number of hydrogen-bond donors (Lipinski definition) is 2. The molecule has 0 atom stereocenters. The number of H-pyrrole nitrogens is 1. The zero-order chi connectivity index (χ0) is 19.4. The van der Waals surface area contributed by atoms with E-state index in [1.54, 1.807) is 31.3 Å². The third-order valence-corrected chi connectivity index (χ3v) is 4.92. The van der Waals surface area contributed by atoms with Crippen molar-refractivity contribution in [2.75, 3.05) is 5.32 Å². The molecule has 2 aromatic carbocycles. The number of benzene rings is 2. The summed E-state index contributed by atoms with van der Waals surface area (Å²) in [7, 11) is 0. The molecule has 2 N–H and O–H groups in total. The van der Waals surface area contributed by atoms with E-state index < -0.39 is 5.91 Å². The second-order valence-electron chi connectivity index (χ2n) is 5.74. The van der Waals surface area contributed by atoms with E-state index in [9.17, 15) is 10.1 Å². The maximum absolute atomic E-state index is 12.5. The van der Waals surface area contributed by atoms with E-state index in [0.29, 0.717) is 16.3 Å². The molecule has 0 aliphatic rings. The van der Waals surface area contributed by atoms with Gasteiger partial charge >= 0.3 is 0 Å². The maximum atomic E-state index is 12.5. The van der Waals surface area contributed by atoms with Gasteiger partial charge in [0, 0.05) is 26.3 Å². The Morgan fingerprint density at radius 2 is 2.04 bits per heavy atom. The van der Waals surface area contributed by atoms with Crippen molar-refractivity contribution < 1.29 is 4.79 Å². The van der Waals surface area contributed by atoms with Crippen LogP contribution in [0.1, 0.15) is 11.1 Å². The first kappa shape index (κ1) is 18.9. The summed E-state index contributed by atoms with van der Waals surface area (Å²) in [5.41, 5.74) is 3.53. The Kier molecular flexibility index (Phi) is 5.75. The number of amides is 1. The molecule has 1 heterocycles. The van der Waals surface area contributed by atoms with Gasteiger partial charge in [-0.1, -0.05) is 45.7 Å². The minimum atomic E-state index is -0.508. The molecule has 0 aliphatic carbocycles. The number of nitriles is 1. The normalized spacial score (nSPS) is 11.1. The highest BCUT2D eigenvalue weighted by Crippen LogP contribution is 2.26. The molecule has 0 spiro atoms. The molecule has 0 unspecified atom stereocenters. The van der Waals surface area contributed by atoms with Crippen molar-refractivity contribution in [1.82, 2.24) is 10.2 Å². The van der Waals surface area contributed by atoms with E-state index in [4.69, 9.17) is 11.6 Å². The van der Waals surface area contributed by atoms with Crippen LogP contribution in [0.4, 0.5) is 5.69 Å². The highest BCUT2D eigenvalue weighted by molar-refractivity contribution is 9.10. The van der Waals surface area contributed by atoms with Gasteiger partial charge in [-0.3, -0.25) is 9.89 Å². The molecular weight excluding hydrogens is 428 g/mol. The van der Waals surface area contributed by atoms with Crippen LogP contribution in [0, 0.1) is 18.3 Å². The first-order valence-corrected chi connectivity index (χ1v) is 9.14. The van der Waals surface area contributed by atoms with Crippen molar-refractivity contribution in [3.05, 3.63) is 74.9 Å². The zero-order valence-electron chi connectivity index (χ0n) is 14.3. The summed E-state index contributed by atoms with van der Waals surface area (Å²) in [6.07, 6.45) is 3.09. The summed E-state index contributed by atoms with van der Waals surface area (Å²) >= 11 is 9.48. The maximum Gasteiger partial charge on any atom is 0.266 e. The molecule has 1 amide bonds. The summed E-state index contributed by atoms with van der Waals surface area (Å²) in [4.78, 5) is 12.5. The van der Waals surface area contributed by atoms with Crippen LogP contribution in [0.25, 0.3) is 17.3 Å². The predicted molar refractivity (Wildman–Crippen MR) is 110 cm³/mol. The van der Waals surface area contributed by atoms with Crippen LogP contribution in [-0.4, -0.2) is 16.1 Å². The molecule has 0 aliphatic heterocycles. The Balaban J connectivity index is 1.90. The van der Waals surface area contributed by atoms with Crippen LogP contribution < -0.4 is 5.32 Å². The molecule has 0 fully saturated rings. The molecule has 27 heavy (non-hydrogen) atoms. The van der Waals surface area contributed by atoms with Gasteiger partial charge in [-0.25, -0.2) is 0 Å². The summed E-state index contributed by atoms with van der Waals surface area (Å²) in [5.74, 6) is -0.508. The average Bonchev–Trinajstić information content (AvgIpc) is 3.12. The number of anilines is 1. The zero-order valence-corrected chi connectivity index (χ0v) is 16.6. The quantitative estimate of drug-likeness (QED) is 0.423. The summed E-state index contributed by atoms with van der Waals surface area (Å²) < 4.78 is 0.955. The second kappa shape index (κ2) is 8.21. The van der Waals surface area contributed by atoms with Crippen molar-refractivity contribution in [2.45, 2.75) is 6.92 Å². The lowest BCUT2D eigenvalue weighted by atomic mass is 10.1. The number of aromatic amines is 1. The number of rotatable bonds is 4. The summed E-state index contributed by atoms with van der Waals surface area (Å²) in [5, 5.41) is 19.7. The van der Waals surface area contributed by atoms with E-state index in [1.807, 2.05) is 30.3 Å². The largest absolute Gasteiger partial charge is 0.321 e. The van der Waals surface area contributed by atoms with Gasteiger partial charge in [0.05, 0.1) is 11.9 Å². The van der Waals surface area contributed by atoms with Crippen LogP contribution in [0.15, 0.2) is 58.7 Å². The van der Waals surface area contributed by atoms with E-state index in [0.717, 1.165) is 21.3 Å². The van der Waals surface area contributed by atoms with Crippen LogP contribution in [0.3, 0.4) is 0 Å². The monoisotopic (exact) mass is 440 g/mol. The highest BCUT2D eigenvalue weighted by Gasteiger charge is 2.14. The fraction of sp³-hybridized carbons (Fsp3) is 0.0500. The molecule has 3 rings (SSSR count). The highest BCUT2D eigenvalue weighted by atomic mass is 79.9. The first-order chi connectivity index (χ1) is 13.0. The lowest BCUT2D eigenvalue weighted by Crippen LogP contribution is -2.14. The van der Waals surface area contributed by atoms with E-state index in [2.05, 4.69) is 31.4 Å². The lowest BCUT2D eigenvalue weighted by molar-refractivity contribution is -0.112. The van der Waals surface area contributed by atoms with Gasteiger partial charge < -0.3 is 5.32 Å². The standard InChI is InChI=1S/C20H14BrClN4O/c1-12-17(22)3-2-4-18(12)25-20(27)14(10-23)9-15-11-24-26-19(15)13-5-7-16(21)8-6-13/h2-9,11H,1H3,(H,24,26)(H,25,27)/b14-9+. The number of nitrogens with one attached hydrogen (secondary N) is 2. The summed E-state index contributed by atoms with van der Waals surface area (Å²) in [6, 6.07) is 14.8. The van der Waals surface area contributed by atoms with E-state index >= 15 is 0 Å². The molecule has 7 heteroatoms. The molecule has 0 saturated heterocycles. The second-order valence-corrected chi connectivity index (χ2v) is 7.07. The number of carbonyl (C=O) groups excluding carboxylic acids is 1. The van der Waals surface area contributed by atoms with Crippen molar-refractivity contribution in [2.24, 2.45) is 0 Å². The van der Waals surface area contributed by atoms with E-state index in [1.165, 1.54) is 6.08 Å². The van der Waals surface area contributed by atoms with Crippen LogP contribution in [-0.2, 0) is 4.79 Å². The molecule has 0 radical (unpaired) electrons. The van der Waals surface area contributed by atoms with Gasteiger partial charge in [-0.2, -0.15) is 10.4 Å². The Labute approximate surface area is 169 Å². The fourth-order valence-corrected chi connectivity index (χ4v) is 2.93. The predicted octanol–water partition coefficient (Wildman–Crippen LogP) is 5.35. The number of carbonyl (C=O) groups is 1. The molecular formula is C20H14BrClN4O. The number of aromatic nitrogens is 2. The average molecular weight is 442 g/mol. The van der Waals surface area contributed by atoms with Gasteiger partial charge in [0.2, 0.25) is 0 Å². The van der Waals surface area contributed by atoms with Gasteiger partial charge in [0.15, 0.2) is 0 Å². The summed E-state index contributed by atoms with van der Waals surface area (Å²) in [6.45, 7) is 1.80. The Morgan fingerprint density at radius 3 is 2.74 bits per heavy atom. The minimum absolute atomic E-state index is 0.0332. The van der Waals surface area contributed by atoms with Crippen molar-refractivity contribution in [1.29, 1.82) is 5.26 Å². The van der Waals surface area contributed by atoms with Crippen LogP contribution >= 0.6 is 27.5 Å². The smallest absolute Gasteiger partial charge is 0.266 e. The molecule has 5 nitrogen and oxygen atoms in total.